The zero-order chi connectivity index (χ0) is 15.3. The SMILES string of the molecule is COc1cc(NCC(C)(C)C(=O)O)cc(OC)c1OC. The second kappa shape index (κ2) is 6.36. The van der Waals surface area contributed by atoms with Gasteiger partial charge in [0.05, 0.1) is 26.7 Å². The van der Waals surface area contributed by atoms with E-state index in [2.05, 4.69) is 5.32 Å². The molecule has 0 aromatic heterocycles. The largest absolute Gasteiger partial charge is 0.493 e. The first kappa shape index (κ1) is 15.9. The lowest BCUT2D eigenvalue weighted by atomic mass is 9.94. The first-order valence-corrected chi connectivity index (χ1v) is 6.13. The van der Waals surface area contributed by atoms with Gasteiger partial charge in [-0.2, -0.15) is 0 Å². The van der Waals surface area contributed by atoms with Gasteiger partial charge in [-0.3, -0.25) is 4.79 Å². The van der Waals surface area contributed by atoms with Crippen LogP contribution in [0.3, 0.4) is 0 Å². The third kappa shape index (κ3) is 3.46. The molecule has 6 heteroatoms. The number of carbonyl (C=O) groups is 1. The van der Waals surface area contributed by atoms with Gasteiger partial charge in [-0.15, -0.1) is 0 Å². The molecular formula is C14H21NO5. The van der Waals surface area contributed by atoms with Gasteiger partial charge in [-0.05, 0) is 13.8 Å². The van der Waals surface area contributed by atoms with Crippen LogP contribution in [0.2, 0.25) is 0 Å². The van der Waals surface area contributed by atoms with Crippen LogP contribution < -0.4 is 19.5 Å². The highest BCUT2D eigenvalue weighted by atomic mass is 16.5. The molecule has 0 aliphatic carbocycles. The van der Waals surface area contributed by atoms with E-state index in [4.69, 9.17) is 19.3 Å². The fourth-order valence-electron chi connectivity index (χ4n) is 1.58. The minimum absolute atomic E-state index is 0.279. The Bertz CT molecular complexity index is 459. The van der Waals surface area contributed by atoms with E-state index >= 15 is 0 Å². The minimum Gasteiger partial charge on any atom is -0.493 e. The van der Waals surface area contributed by atoms with Crippen molar-refractivity contribution >= 4 is 11.7 Å². The number of carboxylic acids is 1. The Kier molecular flexibility index (Phi) is 5.07. The maximum atomic E-state index is 11.1. The van der Waals surface area contributed by atoms with Crippen LogP contribution in [0.15, 0.2) is 12.1 Å². The number of benzene rings is 1. The number of nitrogens with one attached hydrogen (secondary N) is 1. The highest BCUT2D eigenvalue weighted by Crippen LogP contribution is 2.40. The molecule has 0 bridgehead atoms. The summed E-state index contributed by atoms with van der Waals surface area (Å²) in [5, 5.41) is 12.2. The van der Waals surface area contributed by atoms with Gasteiger partial charge in [0.25, 0.3) is 0 Å². The fraction of sp³-hybridized carbons (Fsp3) is 0.500. The van der Waals surface area contributed by atoms with E-state index in [-0.39, 0.29) is 6.54 Å². The summed E-state index contributed by atoms with van der Waals surface area (Å²) >= 11 is 0. The lowest BCUT2D eigenvalue weighted by molar-refractivity contribution is -0.146. The van der Waals surface area contributed by atoms with Gasteiger partial charge in [0.15, 0.2) is 11.5 Å². The first-order chi connectivity index (χ1) is 9.35. The van der Waals surface area contributed by atoms with Gasteiger partial charge < -0.3 is 24.6 Å². The van der Waals surface area contributed by atoms with Crippen molar-refractivity contribution in [2.24, 2.45) is 5.41 Å². The normalized spacial score (nSPS) is 10.8. The average Bonchev–Trinajstić information content (AvgIpc) is 2.43. The van der Waals surface area contributed by atoms with Crippen LogP contribution in [0, 0.1) is 5.41 Å². The number of aliphatic carboxylic acids is 1. The monoisotopic (exact) mass is 283 g/mol. The summed E-state index contributed by atoms with van der Waals surface area (Å²) in [7, 11) is 4.59. The van der Waals surface area contributed by atoms with Crippen LogP contribution in [0.5, 0.6) is 17.2 Å². The summed E-state index contributed by atoms with van der Waals surface area (Å²) in [6.07, 6.45) is 0. The molecule has 0 amide bonds. The minimum atomic E-state index is -0.875. The Hall–Kier alpha value is -2.11. The molecule has 0 heterocycles. The molecule has 1 aromatic carbocycles. The van der Waals surface area contributed by atoms with Crippen molar-refractivity contribution in [1.82, 2.24) is 0 Å². The highest BCUT2D eigenvalue weighted by Gasteiger charge is 2.27. The van der Waals surface area contributed by atoms with E-state index in [9.17, 15) is 4.79 Å². The molecule has 0 saturated heterocycles. The van der Waals surface area contributed by atoms with Crippen LogP contribution in [-0.4, -0.2) is 38.9 Å². The van der Waals surface area contributed by atoms with Crippen LogP contribution in [0.25, 0.3) is 0 Å². The molecule has 0 spiro atoms. The smallest absolute Gasteiger partial charge is 0.310 e. The number of hydrogen-bond donors (Lipinski definition) is 2. The van der Waals surface area contributed by atoms with Crippen molar-refractivity contribution in [3.8, 4) is 17.2 Å². The van der Waals surface area contributed by atoms with Crippen LogP contribution in [0.4, 0.5) is 5.69 Å². The second-order valence-electron chi connectivity index (χ2n) is 4.96. The second-order valence-corrected chi connectivity index (χ2v) is 4.96. The maximum Gasteiger partial charge on any atom is 0.310 e. The molecule has 0 saturated carbocycles. The molecule has 0 radical (unpaired) electrons. The highest BCUT2D eigenvalue weighted by molar-refractivity contribution is 5.74. The van der Waals surface area contributed by atoms with Crippen molar-refractivity contribution < 1.29 is 24.1 Å². The summed E-state index contributed by atoms with van der Waals surface area (Å²) < 4.78 is 15.7. The lowest BCUT2D eigenvalue weighted by Gasteiger charge is -2.21. The Labute approximate surface area is 118 Å². The molecule has 0 aliphatic heterocycles. The predicted octanol–water partition coefficient (Wildman–Crippen LogP) is 2.24. The molecule has 0 unspecified atom stereocenters. The van der Waals surface area contributed by atoms with Crippen molar-refractivity contribution in [2.45, 2.75) is 13.8 Å². The van der Waals surface area contributed by atoms with Gasteiger partial charge in [0, 0.05) is 24.4 Å². The van der Waals surface area contributed by atoms with Crippen LogP contribution >= 0.6 is 0 Å². The number of rotatable bonds is 7. The van der Waals surface area contributed by atoms with Crippen molar-refractivity contribution in [3.05, 3.63) is 12.1 Å². The number of methoxy groups -OCH3 is 3. The summed E-state index contributed by atoms with van der Waals surface area (Å²) in [5.74, 6) is 0.667. The number of ether oxygens (including phenoxy) is 3. The fourth-order valence-corrected chi connectivity index (χ4v) is 1.58. The van der Waals surface area contributed by atoms with Gasteiger partial charge in [-0.25, -0.2) is 0 Å². The molecule has 0 fully saturated rings. The Morgan fingerprint density at radius 2 is 1.65 bits per heavy atom. The summed E-state index contributed by atoms with van der Waals surface area (Å²) in [5.41, 5.74) is -0.172. The van der Waals surface area contributed by atoms with E-state index < -0.39 is 11.4 Å². The van der Waals surface area contributed by atoms with Gasteiger partial charge in [0.1, 0.15) is 0 Å². The zero-order valence-electron chi connectivity index (χ0n) is 12.4. The molecule has 1 rings (SSSR count). The van der Waals surface area contributed by atoms with Crippen molar-refractivity contribution in [2.75, 3.05) is 33.2 Å². The average molecular weight is 283 g/mol. The summed E-state index contributed by atoms with van der Waals surface area (Å²) in [4.78, 5) is 11.1. The molecule has 1 aromatic rings. The predicted molar refractivity (Wildman–Crippen MR) is 76.0 cm³/mol. The standard InChI is InChI=1S/C14H21NO5/c1-14(2,13(16)17)8-15-9-6-10(18-3)12(20-5)11(7-9)19-4/h6-7,15H,8H2,1-5H3,(H,16,17). The number of hydrogen-bond acceptors (Lipinski definition) is 5. The Morgan fingerprint density at radius 1 is 1.15 bits per heavy atom. The van der Waals surface area contributed by atoms with Crippen molar-refractivity contribution in [1.29, 1.82) is 0 Å². The van der Waals surface area contributed by atoms with E-state index in [1.165, 1.54) is 21.3 Å². The molecule has 0 aliphatic rings. The molecule has 0 atom stereocenters. The summed E-state index contributed by atoms with van der Waals surface area (Å²) in [6.45, 7) is 3.58. The van der Waals surface area contributed by atoms with E-state index in [1.54, 1.807) is 26.0 Å². The Morgan fingerprint density at radius 3 is 2.00 bits per heavy atom. The number of carboxylic acid groups (broad SMARTS) is 1. The molecule has 112 valence electrons. The Balaban J connectivity index is 3.00. The van der Waals surface area contributed by atoms with Gasteiger partial charge in [0.2, 0.25) is 5.75 Å². The molecule has 2 N–H and O–H groups in total. The summed E-state index contributed by atoms with van der Waals surface area (Å²) in [6, 6.07) is 3.47. The van der Waals surface area contributed by atoms with Crippen molar-refractivity contribution in [3.63, 3.8) is 0 Å². The topological polar surface area (TPSA) is 77.0 Å². The van der Waals surface area contributed by atoms with Gasteiger partial charge in [-0.1, -0.05) is 0 Å². The number of anilines is 1. The quantitative estimate of drug-likeness (QED) is 0.799. The van der Waals surface area contributed by atoms with Gasteiger partial charge >= 0.3 is 5.97 Å². The lowest BCUT2D eigenvalue weighted by Crippen LogP contribution is -2.31. The maximum absolute atomic E-state index is 11.1. The van der Waals surface area contributed by atoms with Crippen LogP contribution in [0.1, 0.15) is 13.8 Å². The molecule has 6 nitrogen and oxygen atoms in total. The zero-order valence-corrected chi connectivity index (χ0v) is 12.4. The molecular weight excluding hydrogens is 262 g/mol. The third-order valence-corrected chi connectivity index (χ3v) is 2.98. The van der Waals surface area contributed by atoms with E-state index in [0.717, 1.165) is 0 Å². The van der Waals surface area contributed by atoms with E-state index in [0.29, 0.717) is 22.9 Å². The van der Waals surface area contributed by atoms with E-state index in [1.807, 2.05) is 0 Å². The molecule has 20 heavy (non-hydrogen) atoms. The third-order valence-electron chi connectivity index (χ3n) is 2.98. The first-order valence-electron chi connectivity index (χ1n) is 6.13. The van der Waals surface area contributed by atoms with Crippen LogP contribution in [-0.2, 0) is 4.79 Å².